The Kier molecular flexibility index (Phi) is 4.06. The maximum atomic E-state index is 4.88. The Hall–Kier alpha value is -1.85. The van der Waals surface area contributed by atoms with Crippen LogP contribution in [0.5, 0.6) is 0 Å². The highest BCUT2D eigenvalue weighted by atomic mass is 15.3. The predicted octanol–water partition coefficient (Wildman–Crippen LogP) is 3.10. The summed E-state index contributed by atoms with van der Waals surface area (Å²) in [5.41, 5.74) is 0.930. The van der Waals surface area contributed by atoms with Crippen molar-refractivity contribution in [2.24, 2.45) is 7.05 Å². The van der Waals surface area contributed by atoms with Gasteiger partial charge in [-0.2, -0.15) is 15.1 Å². The van der Waals surface area contributed by atoms with Crippen molar-refractivity contribution in [3.63, 3.8) is 0 Å². The number of aryl methyl sites for hydroxylation is 1. The first-order chi connectivity index (χ1) is 11.3. The second kappa shape index (κ2) is 6.34. The zero-order valence-electron chi connectivity index (χ0n) is 14.0. The molecule has 2 fully saturated rings. The number of anilines is 2. The van der Waals surface area contributed by atoms with E-state index in [0.717, 1.165) is 35.9 Å². The van der Waals surface area contributed by atoms with Gasteiger partial charge in [0.1, 0.15) is 5.82 Å². The number of hydrogen-bond donors (Lipinski definition) is 1. The molecule has 0 aromatic carbocycles. The van der Waals surface area contributed by atoms with Crippen molar-refractivity contribution in [3.8, 4) is 0 Å². The van der Waals surface area contributed by atoms with Gasteiger partial charge < -0.3 is 10.2 Å². The van der Waals surface area contributed by atoms with Gasteiger partial charge in [-0.25, -0.2) is 0 Å². The Labute approximate surface area is 137 Å². The standard InChI is InChI=1S/C17H26N6/c1-22-16-14(12-18-22)15(19-13-8-4-2-5-9-13)20-17(21-16)23-10-6-3-7-11-23/h12-13H,2-11H2,1H3,(H,19,20,21). The molecule has 6 nitrogen and oxygen atoms in total. The molecule has 1 saturated heterocycles. The van der Waals surface area contributed by atoms with Gasteiger partial charge in [0.25, 0.3) is 0 Å². The van der Waals surface area contributed by atoms with Gasteiger partial charge in [0.05, 0.1) is 11.6 Å². The van der Waals surface area contributed by atoms with Gasteiger partial charge in [0, 0.05) is 26.2 Å². The summed E-state index contributed by atoms with van der Waals surface area (Å²) >= 11 is 0. The van der Waals surface area contributed by atoms with Crippen LogP contribution in [0.3, 0.4) is 0 Å². The van der Waals surface area contributed by atoms with E-state index in [2.05, 4.69) is 15.3 Å². The molecule has 1 aliphatic carbocycles. The Morgan fingerprint density at radius 3 is 2.52 bits per heavy atom. The third-order valence-electron chi connectivity index (χ3n) is 5.17. The van der Waals surface area contributed by atoms with Crippen molar-refractivity contribution in [1.29, 1.82) is 0 Å². The van der Waals surface area contributed by atoms with E-state index in [-0.39, 0.29) is 0 Å². The number of rotatable bonds is 3. The zero-order valence-corrected chi connectivity index (χ0v) is 14.0. The van der Waals surface area contributed by atoms with Crippen LogP contribution in [0.15, 0.2) is 6.20 Å². The van der Waals surface area contributed by atoms with Crippen LogP contribution in [0.2, 0.25) is 0 Å². The minimum Gasteiger partial charge on any atom is -0.367 e. The van der Waals surface area contributed by atoms with Crippen molar-refractivity contribution >= 4 is 22.8 Å². The molecule has 2 aromatic heterocycles. The van der Waals surface area contributed by atoms with Gasteiger partial charge >= 0.3 is 0 Å². The van der Waals surface area contributed by atoms with E-state index in [9.17, 15) is 0 Å². The molecule has 3 heterocycles. The molecule has 0 spiro atoms. The van der Waals surface area contributed by atoms with Crippen molar-refractivity contribution in [3.05, 3.63) is 6.20 Å². The molecule has 2 aliphatic rings. The fourth-order valence-corrected chi connectivity index (χ4v) is 3.80. The summed E-state index contributed by atoms with van der Waals surface area (Å²) in [5.74, 6) is 1.83. The molecule has 23 heavy (non-hydrogen) atoms. The molecule has 4 rings (SSSR count). The van der Waals surface area contributed by atoms with Gasteiger partial charge in [-0.3, -0.25) is 4.68 Å². The van der Waals surface area contributed by atoms with E-state index in [4.69, 9.17) is 9.97 Å². The smallest absolute Gasteiger partial charge is 0.229 e. The lowest BCUT2D eigenvalue weighted by atomic mass is 9.95. The first-order valence-corrected chi connectivity index (χ1v) is 9.02. The highest BCUT2D eigenvalue weighted by Gasteiger charge is 2.20. The van der Waals surface area contributed by atoms with E-state index >= 15 is 0 Å². The van der Waals surface area contributed by atoms with Crippen molar-refractivity contribution < 1.29 is 0 Å². The number of fused-ring (bicyclic) bond motifs is 1. The molecule has 6 heteroatoms. The van der Waals surface area contributed by atoms with Crippen LogP contribution in [0.1, 0.15) is 51.4 Å². The molecule has 0 radical (unpaired) electrons. The van der Waals surface area contributed by atoms with Crippen LogP contribution < -0.4 is 10.2 Å². The summed E-state index contributed by atoms with van der Waals surface area (Å²) in [5, 5.41) is 9.12. The zero-order chi connectivity index (χ0) is 15.6. The number of nitrogens with zero attached hydrogens (tertiary/aromatic N) is 5. The maximum Gasteiger partial charge on any atom is 0.229 e. The largest absolute Gasteiger partial charge is 0.367 e. The minimum atomic E-state index is 0.538. The van der Waals surface area contributed by atoms with Crippen LogP contribution >= 0.6 is 0 Å². The average Bonchev–Trinajstić information content (AvgIpc) is 2.98. The van der Waals surface area contributed by atoms with Gasteiger partial charge in [0.2, 0.25) is 5.95 Å². The fourth-order valence-electron chi connectivity index (χ4n) is 3.80. The fraction of sp³-hybridized carbons (Fsp3) is 0.706. The molecule has 1 saturated carbocycles. The highest BCUT2D eigenvalue weighted by Crippen LogP contribution is 2.28. The summed E-state index contributed by atoms with van der Waals surface area (Å²) in [6, 6.07) is 0.538. The molecule has 124 valence electrons. The highest BCUT2D eigenvalue weighted by molar-refractivity contribution is 5.87. The number of hydrogen-bond acceptors (Lipinski definition) is 5. The summed E-state index contributed by atoms with van der Waals surface area (Å²) in [6.07, 6.45) is 12.2. The number of aromatic nitrogens is 4. The molecular formula is C17H26N6. The van der Waals surface area contributed by atoms with E-state index in [1.807, 2.05) is 17.9 Å². The Morgan fingerprint density at radius 1 is 1.00 bits per heavy atom. The second-order valence-corrected chi connectivity index (χ2v) is 6.90. The lowest BCUT2D eigenvalue weighted by Gasteiger charge is -2.28. The SMILES string of the molecule is Cn1ncc2c(NC3CCCCC3)nc(N3CCCCC3)nc21. The molecule has 0 unspecified atom stereocenters. The monoisotopic (exact) mass is 314 g/mol. The molecule has 2 aromatic rings. The van der Waals surface area contributed by atoms with E-state index in [0.29, 0.717) is 6.04 Å². The molecule has 1 aliphatic heterocycles. The molecule has 0 amide bonds. The Morgan fingerprint density at radius 2 is 1.74 bits per heavy atom. The van der Waals surface area contributed by atoms with Gasteiger partial charge in [-0.1, -0.05) is 19.3 Å². The first-order valence-electron chi connectivity index (χ1n) is 9.02. The van der Waals surface area contributed by atoms with Crippen molar-refractivity contribution in [2.75, 3.05) is 23.3 Å². The number of piperidine rings is 1. The third-order valence-corrected chi connectivity index (χ3v) is 5.17. The normalized spacial score (nSPS) is 20.1. The summed E-state index contributed by atoms with van der Waals surface area (Å²) < 4.78 is 1.86. The van der Waals surface area contributed by atoms with Gasteiger partial charge in [0.15, 0.2) is 5.65 Å². The van der Waals surface area contributed by atoms with E-state index in [1.54, 1.807) is 0 Å². The lowest BCUT2D eigenvalue weighted by molar-refractivity contribution is 0.462. The average molecular weight is 314 g/mol. The summed E-state index contributed by atoms with van der Waals surface area (Å²) in [4.78, 5) is 12.0. The van der Waals surface area contributed by atoms with Crippen molar-refractivity contribution in [1.82, 2.24) is 19.7 Å². The van der Waals surface area contributed by atoms with Crippen LogP contribution in [-0.2, 0) is 7.05 Å². The number of nitrogens with one attached hydrogen (secondary N) is 1. The minimum absolute atomic E-state index is 0.538. The maximum absolute atomic E-state index is 4.88. The van der Waals surface area contributed by atoms with Crippen LogP contribution in [-0.4, -0.2) is 38.9 Å². The topological polar surface area (TPSA) is 58.9 Å². The van der Waals surface area contributed by atoms with Gasteiger partial charge in [-0.15, -0.1) is 0 Å². The molecule has 1 N–H and O–H groups in total. The second-order valence-electron chi connectivity index (χ2n) is 6.90. The van der Waals surface area contributed by atoms with Crippen LogP contribution in [0.4, 0.5) is 11.8 Å². The van der Waals surface area contributed by atoms with Crippen LogP contribution in [0.25, 0.3) is 11.0 Å². The lowest BCUT2D eigenvalue weighted by Crippen LogP contribution is -2.31. The Bertz CT molecular complexity index is 667. The van der Waals surface area contributed by atoms with Crippen molar-refractivity contribution in [2.45, 2.75) is 57.4 Å². The Balaban J connectivity index is 1.68. The summed E-state index contributed by atoms with van der Waals surface area (Å²) in [7, 11) is 1.96. The molecule has 0 bridgehead atoms. The first kappa shape index (κ1) is 14.7. The third kappa shape index (κ3) is 2.99. The molecular weight excluding hydrogens is 288 g/mol. The van der Waals surface area contributed by atoms with E-state index in [1.165, 1.54) is 51.4 Å². The molecule has 0 atom stereocenters. The summed E-state index contributed by atoms with van der Waals surface area (Å²) in [6.45, 7) is 2.12. The van der Waals surface area contributed by atoms with Gasteiger partial charge in [-0.05, 0) is 32.1 Å². The van der Waals surface area contributed by atoms with E-state index < -0.39 is 0 Å². The quantitative estimate of drug-likeness (QED) is 0.943. The van der Waals surface area contributed by atoms with Crippen LogP contribution in [0, 0.1) is 0 Å². The predicted molar refractivity (Wildman–Crippen MR) is 92.9 cm³/mol.